The van der Waals surface area contributed by atoms with Gasteiger partial charge in [0, 0.05) is 19.4 Å². The summed E-state index contributed by atoms with van der Waals surface area (Å²) in [7, 11) is 0.928. The topological polar surface area (TPSA) is 73.9 Å². The molecule has 1 fully saturated rings. The highest BCUT2D eigenvalue weighted by molar-refractivity contribution is 5.79. The number of alkyl halides is 2. The minimum absolute atomic E-state index is 0.185. The number of nitrogens with one attached hydrogen (secondary N) is 1. The second-order valence-corrected chi connectivity index (χ2v) is 4.94. The van der Waals surface area contributed by atoms with Gasteiger partial charge in [-0.25, -0.2) is 9.18 Å². The van der Waals surface area contributed by atoms with Crippen LogP contribution in [0, 0.1) is 5.92 Å². The maximum atomic E-state index is 14.6. The maximum absolute atomic E-state index is 14.6. The van der Waals surface area contributed by atoms with E-state index in [1.54, 1.807) is 6.92 Å². The fraction of sp³-hybridized carbons (Fsp3) is 0.846. The number of esters is 2. The van der Waals surface area contributed by atoms with Crippen LogP contribution in [0.3, 0.4) is 0 Å². The van der Waals surface area contributed by atoms with Crippen LogP contribution in [0.25, 0.3) is 0 Å². The lowest BCUT2D eigenvalue weighted by Gasteiger charge is -2.43. The molecule has 1 aliphatic heterocycles. The first-order valence-corrected chi connectivity index (χ1v) is 6.75. The lowest BCUT2D eigenvalue weighted by molar-refractivity contribution is -0.284. The highest BCUT2D eigenvalue weighted by Crippen LogP contribution is 2.38. The molecule has 5 unspecified atom stereocenters. The van der Waals surface area contributed by atoms with E-state index in [1.165, 1.54) is 0 Å². The summed E-state index contributed by atoms with van der Waals surface area (Å²) < 4.78 is 43.1. The predicted octanol–water partition coefficient (Wildman–Crippen LogP) is 0.739. The van der Waals surface area contributed by atoms with E-state index in [4.69, 9.17) is 9.47 Å². The van der Waals surface area contributed by atoms with Crippen molar-refractivity contribution in [2.24, 2.45) is 5.92 Å². The van der Waals surface area contributed by atoms with Crippen molar-refractivity contribution < 1.29 is 32.6 Å². The molecule has 0 radical (unpaired) electrons. The molecular formula is C13H21F2NO5. The molecule has 21 heavy (non-hydrogen) atoms. The van der Waals surface area contributed by atoms with Gasteiger partial charge in [0.2, 0.25) is 6.17 Å². The van der Waals surface area contributed by atoms with Gasteiger partial charge in [-0.1, -0.05) is 13.8 Å². The Labute approximate surface area is 122 Å². The Morgan fingerprint density at radius 1 is 1.43 bits per heavy atom. The molecule has 0 aromatic rings. The third-order valence-electron chi connectivity index (χ3n) is 3.43. The van der Waals surface area contributed by atoms with Gasteiger partial charge in [-0.05, 0) is 6.54 Å². The summed E-state index contributed by atoms with van der Waals surface area (Å²) in [6.07, 6.45) is -4.73. The molecule has 0 bridgehead atoms. The van der Waals surface area contributed by atoms with Gasteiger partial charge in [-0.3, -0.25) is 4.79 Å². The Morgan fingerprint density at radius 3 is 2.52 bits per heavy atom. The highest BCUT2D eigenvalue weighted by atomic mass is 19.2. The molecular weight excluding hydrogens is 288 g/mol. The van der Waals surface area contributed by atoms with E-state index in [0.717, 1.165) is 14.0 Å². The molecule has 1 saturated heterocycles. The molecule has 1 aliphatic rings. The largest absolute Gasteiger partial charge is 0.465 e. The standard InChI is InChI=1S/C13H21F2NO5/c1-5-16-6-9-7(2)10(20-8(3)17)11(14)13(15,21-9)12(18)19-4/h7,9-11,16H,5-6H2,1-4H3. The third-order valence-corrected chi connectivity index (χ3v) is 3.43. The quantitative estimate of drug-likeness (QED) is 0.755. The van der Waals surface area contributed by atoms with Crippen LogP contribution in [0.2, 0.25) is 0 Å². The minimum Gasteiger partial charge on any atom is -0.465 e. The lowest BCUT2D eigenvalue weighted by Crippen LogP contribution is -2.63. The Balaban J connectivity index is 3.05. The highest BCUT2D eigenvalue weighted by Gasteiger charge is 2.61. The molecule has 0 spiro atoms. The Kier molecular flexibility index (Phi) is 6.03. The van der Waals surface area contributed by atoms with Gasteiger partial charge in [-0.15, -0.1) is 0 Å². The van der Waals surface area contributed by atoms with E-state index < -0.39 is 42.1 Å². The van der Waals surface area contributed by atoms with Crippen LogP contribution in [0.4, 0.5) is 8.78 Å². The Hall–Kier alpha value is -1.28. The zero-order valence-electron chi connectivity index (χ0n) is 12.5. The second kappa shape index (κ2) is 7.13. The lowest BCUT2D eigenvalue weighted by atomic mass is 9.87. The minimum atomic E-state index is -3.29. The average molecular weight is 309 g/mol. The summed E-state index contributed by atoms with van der Waals surface area (Å²) in [5.74, 6) is -6.16. The Bertz CT molecular complexity index is 395. The van der Waals surface area contributed by atoms with Crippen molar-refractivity contribution in [2.45, 2.75) is 45.0 Å². The van der Waals surface area contributed by atoms with E-state index in [1.807, 2.05) is 6.92 Å². The van der Waals surface area contributed by atoms with Gasteiger partial charge in [-0.2, -0.15) is 4.39 Å². The molecule has 1 N–H and O–H groups in total. The van der Waals surface area contributed by atoms with Crippen molar-refractivity contribution in [3.05, 3.63) is 0 Å². The van der Waals surface area contributed by atoms with Crippen LogP contribution in [0.15, 0.2) is 0 Å². The van der Waals surface area contributed by atoms with Crippen molar-refractivity contribution in [1.82, 2.24) is 5.32 Å². The Morgan fingerprint density at radius 2 is 2.05 bits per heavy atom. The summed E-state index contributed by atoms with van der Waals surface area (Å²) in [4.78, 5) is 22.6. The molecule has 0 aromatic heterocycles. The van der Waals surface area contributed by atoms with E-state index in [0.29, 0.717) is 6.54 Å². The molecule has 0 aliphatic carbocycles. The number of carbonyl (C=O) groups is 2. The molecule has 8 heteroatoms. The summed E-state index contributed by atoms with van der Waals surface area (Å²) in [6.45, 7) is 5.26. The zero-order valence-corrected chi connectivity index (χ0v) is 12.5. The van der Waals surface area contributed by atoms with E-state index >= 15 is 0 Å². The fourth-order valence-electron chi connectivity index (χ4n) is 2.25. The number of likely N-dealkylation sites (N-methyl/N-ethyl adjacent to an activating group) is 1. The van der Waals surface area contributed by atoms with Crippen LogP contribution in [0.1, 0.15) is 20.8 Å². The smallest absolute Gasteiger partial charge is 0.375 e. The summed E-state index contributed by atoms with van der Waals surface area (Å²) in [6, 6.07) is 0. The van der Waals surface area contributed by atoms with Crippen LogP contribution in [-0.2, 0) is 23.8 Å². The second-order valence-electron chi connectivity index (χ2n) is 4.94. The summed E-state index contributed by atoms with van der Waals surface area (Å²) in [5, 5.41) is 2.93. The third kappa shape index (κ3) is 3.68. The molecule has 5 atom stereocenters. The van der Waals surface area contributed by atoms with Crippen molar-refractivity contribution in [3.8, 4) is 0 Å². The molecule has 0 saturated carbocycles. The molecule has 1 heterocycles. The molecule has 0 aromatic carbocycles. The molecule has 122 valence electrons. The number of halogens is 2. The maximum Gasteiger partial charge on any atom is 0.375 e. The summed E-state index contributed by atoms with van der Waals surface area (Å²) in [5.41, 5.74) is 0. The van der Waals surface area contributed by atoms with Gasteiger partial charge in [0.25, 0.3) is 0 Å². The molecule has 0 amide bonds. The van der Waals surface area contributed by atoms with Crippen molar-refractivity contribution >= 4 is 11.9 Å². The van der Waals surface area contributed by atoms with Gasteiger partial charge < -0.3 is 19.5 Å². The van der Waals surface area contributed by atoms with Crippen LogP contribution >= 0.6 is 0 Å². The molecule has 1 rings (SSSR count). The van der Waals surface area contributed by atoms with Gasteiger partial charge in [0.05, 0.1) is 13.2 Å². The van der Waals surface area contributed by atoms with Crippen molar-refractivity contribution in [3.63, 3.8) is 0 Å². The molecule has 6 nitrogen and oxygen atoms in total. The summed E-state index contributed by atoms with van der Waals surface area (Å²) >= 11 is 0. The number of rotatable bonds is 5. The van der Waals surface area contributed by atoms with Crippen LogP contribution < -0.4 is 5.32 Å². The van der Waals surface area contributed by atoms with Crippen LogP contribution in [-0.4, -0.2) is 56.4 Å². The van der Waals surface area contributed by atoms with E-state index in [9.17, 15) is 18.4 Å². The zero-order chi connectivity index (χ0) is 16.2. The fourth-order valence-corrected chi connectivity index (χ4v) is 2.25. The SMILES string of the molecule is CCNCC1OC(F)(C(=O)OC)C(F)C(OC(C)=O)C1C. The first kappa shape index (κ1) is 17.8. The number of hydrogen-bond donors (Lipinski definition) is 1. The van der Waals surface area contributed by atoms with Gasteiger partial charge in [0.1, 0.15) is 6.10 Å². The van der Waals surface area contributed by atoms with Crippen molar-refractivity contribution in [1.29, 1.82) is 0 Å². The predicted molar refractivity (Wildman–Crippen MR) is 68.9 cm³/mol. The number of methoxy groups -OCH3 is 1. The van der Waals surface area contributed by atoms with Gasteiger partial charge >= 0.3 is 17.8 Å². The monoisotopic (exact) mass is 309 g/mol. The normalized spacial score (nSPS) is 36.1. The van der Waals surface area contributed by atoms with E-state index in [-0.39, 0.29) is 6.54 Å². The first-order valence-electron chi connectivity index (χ1n) is 6.75. The van der Waals surface area contributed by atoms with Crippen molar-refractivity contribution in [2.75, 3.05) is 20.2 Å². The number of ether oxygens (including phenoxy) is 3. The average Bonchev–Trinajstić information content (AvgIpc) is 2.44. The van der Waals surface area contributed by atoms with Gasteiger partial charge in [0.15, 0.2) is 0 Å². The first-order chi connectivity index (χ1) is 9.77. The van der Waals surface area contributed by atoms with E-state index in [2.05, 4.69) is 10.1 Å². The number of carbonyl (C=O) groups excluding carboxylic acids is 2. The van der Waals surface area contributed by atoms with Crippen LogP contribution in [0.5, 0.6) is 0 Å². The number of hydrogen-bond acceptors (Lipinski definition) is 6.